The fraction of sp³-hybridized carbons (Fsp3) is 0.529. The number of benzene rings is 3. The number of ether oxygens (including phenoxy) is 4. The van der Waals surface area contributed by atoms with Crippen molar-refractivity contribution in [3.8, 4) is 5.75 Å². The number of nitrogens with one attached hydrogen (secondary N) is 5. The molecule has 0 radical (unpaired) electrons. The number of nitrogens with two attached hydrogens (primary N) is 1. The molecule has 3 heterocycles. The molecule has 3 aliphatic heterocycles. The topological polar surface area (TPSA) is 338 Å². The zero-order valence-corrected chi connectivity index (χ0v) is 56.0. The van der Waals surface area contributed by atoms with Crippen LogP contribution in [0.4, 0.5) is 4.79 Å². The number of aryl methyl sites for hydroxylation is 1. The van der Waals surface area contributed by atoms with Crippen molar-refractivity contribution in [2.75, 3.05) is 20.2 Å². The number of unbranched alkanes of at least 4 members (excludes halogenated alkanes) is 2. The van der Waals surface area contributed by atoms with Crippen molar-refractivity contribution in [1.29, 1.82) is 0 Å². The molecule has 94 heavy (non-hydrogen) atoms. The Balaban J connectivity index is 1.01. The number of ketones is 2. The first kappa shape index (κ1) is 74.8. The average Bonchev–Trinajstić information content (AvgIpc) is 1.62. The summed E-state index contributed by atoms with van der Waals surface area (Å²) < 4.78 is 22.9. The number of nitrogens with zero attached hydrogens (tertiary/aromatic N) is 1. The van der Waals surface area contributed by atoms with E-state index in [4.69, 9.17) is 36.3 Å². The van der Waals surface area contributed by atoms with Gasteiger partial charge < -0.3 is 56.4 Å². The lowest BCUT2D eigenvalue weighted by molar-refractivity contribution is -0.161. The summed E-state index contributed by atoms with van der Waals surface area (Å²) in [6, 6.07) is 14.5. The number of carbonyl (C=O) groups is 11. The van der Waals surface area contributed by atoms with Gasteiger partial charge in [0.05, 0.1) is 23.6 Å². The number of hydrogen-bond acceptors (Lipinski definition) is 16. The van der Waals surface area contributed by atoms with Gasteiger partial charge in [0, 0.05) is 75.7 Å². The zero-order chi connectivity index (χ0) is 69.0. The van der Waals surface area contributed by atoms with Crippen LogP contribution in [-0.2, 0) is 88.0 Å². The number of aliphatic hydroxyl groups is 1. The highest BCUT2D eigenvalue weighted by Crippen LogP contribution is 2.43. The summed E-state index contributed by atoms with van der Waals surface area (Å²) >= 11 is 6.41. The first-order chi connectivity index (χ1) is 44.4. The first-order valence-electron chi connectivity index (χ1n) is 32.1. The minimum atomic E-state index is -1.39. The van der Waals surface area contributed by atoms with Gasteiger partial charge in [-0.25, -0.2) is 9.59 Å². The van der Waals surface area contributed by atoms with E-state index in [1.54, 1.807) is 63.2 Å². The number of aliphatic hydroxyl groups excluding tert-OH is 1. The highest BCUT2D eigenvalue weighted by molar-refractivity contribution is 6.32. The van der Waals surface area contributed by atoms with E-state index in [9.17, 15) is 57.8 Å². The molecule has 1 fully saturated rings. The van der Waals surface area contributed by atoms with E-state index in [-0.39, 0.29) is 100 Å². The molecule has 3 aliphatic rings. The molecule has 23 nitrogen and oxygen atoms in total. The van der Waals surface area contributed by atoms with Crippen LogP contribution in [0.5, 0.6) is 5.75 Å². The van der Waals surface area contributed by atoms with Crippen molar-refractivity contribution >= 4 is 76.6 Å². The van der Waals surface area contributed by atoms with E-state index in [1.165, 1.54) is 31.4 Å². The smallest absolute Gasteiger partial charge is 0.329 e. The van der Waals surface area contributed by atoms with E-state index < -0.39 is 107 Å². The standard InChI is InChI=1S/C70H92ClN7O16/c1-41(2)49(38-48(79)15-11-10-12-34-78-58(82)30-31-59(78)83)64(86)76-51(16-14-33-73-68(72)90)54(80)37-44-19-21-45(22-20-44)40-92-60(84)32-26-43-23-27-47(28-24-43)62-63(94-62)61(85)56-17-13-18-57(81)75-52(36-46-25-29-55(91-9)50(71)35-46)65(87)74-42(3)70(7,8)67(89)77-53(66(88)93-56)39-69(4,5)6/h13,18-25,27-31,35,41-42,49,51-53,56,61-63,85H,10-12,14-17,26,32-34,36-40H2,1-9H3,(H,74,87)(H,75,81)(H,76,86)(H,77,89)(H3,72,73,90)/b18-13+/t42-,49-,51-,52+,53-,56-,61-,62+,63+/m0/s1. The van der Waals surface area contributed by atoms with Crippen molar-refractivity contribution in [2.24, 2.45) is 28.4 Å². The maximum absolute atomic E-state index is 14.2. The summed E-state index contributed by atoms with van der Waals surface area (Å²) in [6.07, 6.45) is 3.84. The highest BCUT2D eigenvalue weighted by atomic mass is 35.5. The lowest BCUT2D eigenvalue weighted by Gasteiger charge is -2.35. The number of primary amides is 1. The van der Waals surface area contributed by atoms with Gasteiger partial charge in [0.2, 0.25) is 23.6 Å². The van der Waals surface area contributed by atoms with Gasteiger partial charge in [-0.05, 0) is 117 Å². The van der Waals surface area contributed by atoms with E-state index in [2.05, 4.69) is 26.6 Å². The van der Waals surface area contributed by atoms with Gasteiger partial charge in [-0.3, -0.25) is 48.1 Å². The van der Waals surface area contributed by atoms with Crippen LogP contribution in [0.2, 0.25) is 5.02 Å². The number of esters is 2. The number of methoxy groups -OCH3 is 1. The summed E-state index contributed by atoms with van der Waals surface area (Å²) in [5, 5.41) is 26.1. The molecule has 8 amide bonds. The number of halogens is 1. The van der Waals surface area contributed by atoms with Gasteiger partial charge in [-0.1, -0.05) is 113 Å². The Hall–Kier alpha value is -8.28. The second-order valence-electron chi connectivity index (χ2n) is 26.5. The van der Waals surface area contributed by atoms with Gasteiger partial charge in [-0.2, -0.15) is 0 Å². The largest absolute Gasteiger partial charge is 0.495 e. The van der Waals surface area contributed by atoms with E-state index in [1.807, 2.05) is 58.9 Å². The second kappa shape index (κ2) is 34.8. The Morgan fingerprint density at radius 2 is 1.49 bits per heavy atom. The number of imide groups is 1. The summed E-state index contributed by atoms with van der Waals surface area (Å²) in [5.41, 5.74) is 6.97. The Labute approximate surface area is 554 Å². The molecule has 1 saturated heterocycles. The van der Waals surface area contributed by atoms with Crippen molar-refractivity contribution in [1.82, 2.24) is 31.5 Å². The molecule has 6 rings (SSSR count). The Bertz CT molecular complexity index is 3250. The van der Waals surface area contributed by atoms with Crippen LogP contribution in [0.3, 0.4) is 0 Å². The number of rotatable bonds is 30. The molecule has 0 unspecified atom stereocenters. The quantitative estimate of drug-likeness (QED) is 0.0159. The van der Waals surface area contributed by atoms with Crippen LogP contribution in [0, 0.1) is 22.7 Å². The van der Waals surface area contributed by atoms with Crippen LogP contribution in [-0.4, -0.2) is 138 Å². The minimum Gasteiger partial charge on any atom is -0.495 e. The van der Waals surface area contributed by atoms with Gasteiger partial charge in [0.15, 0.2) is 5.78 Å². The van der Waals surface area contributed by atoms with Crippen molar-refractivity contribution in [2.45, 2.75) is 194 Å². The van der Waals surface area contributed by atoms with Crippen molar-refractivity contribution in [3.05, 3.63) is 124 Å². The molecule has 24 heteroatoms. The number of urea groups is 1. The molecule has 3 aromatic carbocycles. The molecular formula is C70H92ClN7O16. The molecule has 0 spiro atoms. The monoisotopic (exact) mass is 1320 g/mol. The number of cyclic esters (lactones) is 1. The summed E-state index contributed by atoms with van der Waals surface area (Å²) in [7, 11) is 1.48. The molecule has 0 aliphatic carbocycles. The summed E-state index contributed by atoms with van der Waals surface area (Å²) in [4.78, 5) is 146. The minimum absolute atomic E-state index is 0.0254. The van der Waals surface area contributed by atoms with Crippen LogP contribution in [0.25, 0.3) is 0 Å². The molecule has 8 N–H and O–H groups in total. The maximum atomic E-state index is 14.2. The Morgan fingerprint density at radius 1 is 0.830 bits per heavy atom. The predicted molar refractivity (Wildman–Crippen MR) is 349 cm³/mol. The molecule has 0 aromatic heterocycles. The molecule has 9 atom stereocenters. The van der Waals surface area contributed by atoms with E-state index in [0.29, 0.717) is 65.1 Å². The van der Waals surface area contributed by atoms with Crippen molar-refractivity contribution in [3.63, 3.8) is 0 Å². The molecule has 3 aromatic rings. The normalized spacial score (nSPS) is 21.4. The van der Waals surface area contributed by atoms with Crippen LogP contribution in [0.15, 0.2) is 91.0 Å². The van der Waals surface area contributed by atoms with Crippen LogP contribution < -0.4 is 37.1 Å². The maximum Gasteiger partial charge on any atom is 0.329 e. The second-order valence-corrected chi connectivity index (χ2v) is 26.9. The Morgan fingerprint density at radius 3 is 2.13 bits per heavy atom. The lowest BCUT2D eigenvalue weighted by Crippen LogP contribution is -2.58. The number of epoxide rings is 1. The van der Waals surface area contributed by atoms with Crippen LogP contribution in [0.1, 0.15) is 154 Å². The van der Waals surface area contributed by atoms with E-state index in [0.717, 1.165) is 10.5 Å². The lowest BCUT2D eigenvalue weighted by atomic mass is 9.82. The molecule has 510 valence electrons. The number of Topliss-reactive ketones (excluding diaryl/α,β-unsaturated/α-hetero) is 2. The summed E-state index contributed by atoms with van der Waals surface area (Å²) in [6.45, 7) is 14.7. The SMILES string of the molecule is COc1ccc(C[C@H]2NC(=O)/C=C/C[C@@H]([C@H](O)[C@H]3O[C@@H]3c3ccc(CCC(=O)OCc4ccc(CC(=O)[C@H](CCCNC(N)=O)NC(=O)[C@@H](CC(=O)CCCCCN5C(=O)C=CC5=O)C(C)C)cc4)cc3)OC(=O)[C@H](CC(C)(C)C)NC(=O)C(C)(C)[C@H](C)NC2=O)cc1Cl. The third-order valence-electron chi connectivity index (χ3n) is 17.1. The zero-order valence-electron chi connectivity index (χ0n) is 55.2. The fourth-order valence-electron chi connectivity index (χ4n) is 10.9. The number of hydrogen-bond donors (Lipinski definition) is 7. The van der Waals surface area contributed by atoms with Crippen LogP contribution >= 0.6 is 11.6 Å². The van der Waals surface area contributed by atoms with E-state index >= 15 is 0 Å². The molecule has 0 bridgehead atoms. The molecular weight excluding hydrogens is 1230 g/mol. The molecule has 0 saturated carbocycles. The average molecular weight is 1320 g/mol. The number of carbonyl (C=O) groups excluding carboxylic acids is 11. The fourth-order valence-corrected chi connectivity index (χ4v) is 11.2. The number of amides is 8. The van der Waals surface area contributed by atoms with Gasteiger partial charge in [0.25, 0.3) is 11.8 Å². The van der Waals surface area contributed by atoms with Crippen molar-refractivity contribution < 1.29 is 76.8 Å². The first-order valence-corrected chi connectivity index (χ1v) is 32.5. The van der Waals surface area contributed by atoms with Gasteiger partial charge >= 0.3 is 18.0 Å². The third-order valence-corrected chi connectivity index (χ3v) is 17.4. The predicted octanol–water partition coefficient (Wildman–Crippen LogP) is 6.64. The highest BCUT2D eigenvalue weighted by Gasteiger charge is 2.50. The summed E-state index contributed by atoms with van der Waals surface area (Å²) in [5.74, 6) is -5.05. The Kier molecular flexibility index (Phi) is 27.6. The third kappa shape index (κ3) is 23.0. The van der Waals surface area contributed by atoms with Gasteiger partial charge in [0.1, 0.15) is 54.6 Å². The van der Waals surface area contributed by atoms with Gasteiger partial charge in [-0.15, -0.1) is 0 Å².